The molecule has 0 aliphatic carbocycles. The second-order valence-corrected chi connectivity index (χ2v) is 4.41. The molecular formula is C11H19ClO3. The quantitative estimate of drug-likeness (QED) is 0.416. The van der Waals surface area contributed by atoms with E-state index in [0.29, 0.717) is 19.1 Å². The lowest BCUT2D eigenvalue weighted by atomic mass is 9.76. The minimum Gasteiger partial charge on any atom is -0.469 e. The van der Waals surface area contributed by atoms with Gasteiger partial charge in [-0.25, -0.2) is 0 Å². The van der Waals surface area contributed by atoms with E-state index in [-0.39, 0.29) is 11.4 Å². The summed E-state index contributed by atoms with van der Waals surface area (Å²) in [6.45, 7) is 1.33. The Bertz CT molecular complexity index is 200. The summed E-state index contributed by atoms with van der Waals surface area (Å²) < 4.78 is 10.2. The SMILES string of the molecule is COC(=O)C1(CCCCCl)CCOCC1. The second-order valence-electron chi connectivity index (χ2n) is 4.03. The molecule has 0 bridgehead atoms. The molecule has 0 spiro atoms. The van der Waals surface area contributed by atoms with Crippen molar-refractivity contribution in [1.82, 2.24) is 0 Å². The van der Waals surface area contributed by atoms with Gasteiger partial charge >= 0.3 is 5.97 Å². The fraction of sp³-hybridized carbons (Fsp3) is 0.909. The number of unbranched alkanes of at least 4 members (excludes halogenated alkanes) is 1. The van der Waals surface area contributed by atoms with Crippen LogP contribution in [0.3, 0.4) is 0 Å². The zero-order chi connectivity index (χ0) is 11.1. The Labute approximate surface area is 96.1 Å². The first-order chi connectivity index (χ1) is 7.25. The Morgan fingerprint density at radius 3 is 2.60 bits per heavy atom. The van der Waals surface area contributed by atoms with Crippen LogP contribution in [-0.2, 0) is 14.3 Å². The van der Waals surface area contributed by atoms with Crippen LogP contribution in [0.2, 0.25) is 0 Å². The summed E-state index contributed by atoms with van der Waals surface area (Å²) in [6, 6.07) is 0. The standard InChI is InChI=1S/C11H19ClO3/c1-14-10(13)11(4-2-3-7-12)5-8-15-9-6-11/h2-9H2,1H3. The zero-order valence-corrected chi connectivity index (χ0v) is 10.0. The summed E-state index contributed by atoms with van der Waals surface area (Å²) >= 11 is 5.64. The van der Waals surface area contributed by atoms with E-state index in [9.17, 15) is 4.79 Å². The first-order valence-corrected chi connectivity index (χ1v) is 6.01. The number of methoxy groups -OCH3 is 1. The molecule has 0 aromatic carbocycles. The van der Waals surface area contributed by atoms with Crippen molar-refractivity contribution >= 4 is 17.6 Å². The molecule has 4 heteroatoms. The largest absolute Gasteiger partial charge is 0.469 e. The topological polar surface area (TPSA) is 35.5 Å². The number of carbonyl (C=O) groups is 1. The van der Waals surface area contributed by atoms with Crippen molar-refractivity contribution in [2.45, 2.75) is 32.1 Å². The van der Waals surface area contributed by atoms with Gasteiger partial charge in [0.1, 0.15) is 0 Å². The highest BCUT2D eigenvalue weighted by atomic mass is 35.5. The number of ether oxygens (including phenoxy) is 2. The molecule has 3 nitrogen and oxygen atoms in total. The highest BCUT2D eigenvalue weighted by Gasteiger charge is 2.40. The number of hydrogen-bond acceptors (Lipinski definition) is 3. The molecule has 0 saturated carbocycles. The van der Waals surface area contributed by atoms with Gasteiger partial charge in [0, 0.05) is 19.1 Å². The number of esters is 1. The van der Waals surface area contributed by atoms with E-state index < -0.39 is 0 Å². The predicted octanol–water partition coefficient (Wildman–Crippen LogP) is 2.37. The van der Waals surface area contributed by atoms with Crippen LogP contribution in [0.4, 0.5) is 0 Å². The molecule has 15 heavy (non-hydrogen) atoms. The molecule has 0 amide bonds. The molecule has 88 valence electrons. The normalized spacial score (nSPS) is 19.9. The predicted molar refractivity (Wildman–Crippen MR) is 59.1 cm³/mol. The van der Waals surface area contributed by atoms with Crippen LogP contribution < -0.4 is 0 Å². The zero-order valence-electron chi connectivity index (χ0n) is 9.26. The van der Waals surface area contributed by atoms with Crippen molar-refractivity contribution in [2.24, 2.45) is 5.41 Å². The van der Waals surface area contributed by atoms with Gasteiger partial charge < -0.3 is 9.47 Å². The number of carbonyl (C=O) groups excluding carboxylic acids is 1. The fourth-order valence-electron chi connectivity index (χ4n) is 2.09. The molecular weight excluding hydrogens is 216 g/mol. The van der Waals surface area contributed by atoms with Crippen LogP contribution in [0.15, 0.2) is 0 Å². The second kappa shape index (κ2) is 6.33. The van der Waals surface area contributed by atoms with Crippen molar-refractivity contribution in [2.75, 3.05) is 26.2 Å². The van der Waals surface area contributed by atoms with E-state index in [4.69, 9.17) is 21.1 Å². The van der Waals surface area contributed by atoms with Gasteiger partial charge in [-0.15, -0.1) is 11.6 Å². The number of rotatable bonds is 5. The molecule has 0 aromatic rings. The van der Waals surface area contributed by atoms with Crippen molar-refractivity contribution in [1.29, 1.82) is 0 Å². The molecule has 1 fully saturated rings. The van der Waals surface area contributed by atoms with Gasteiger partial charge in [0.25, 0.3) is 0 Å². The maximum atomic E-state index is 11.8. The maximum Gasteiger partial charge on any atom is 0.311 e. The van der Waals surface area contributed by atoms with E-state index in [1.165, 1.54) is 7.11 Å². The highest BCUT2D eigenvalue weighted by Crippen LogP contribution is 2.37. The lowest BCUT2D eigenvalue weighted by molar-refractivity contribution is -0.159. The fourth-order valence-corrected chi connectivity index (χ4v) is 2.28. The van der Waals surface area contributed by atoms with E-state index >= 15 is 0 Å². The van der Waals surface area contributed by atoms with E-state index in [0.717, 1.165) is 32.1 Å². The number of hydrogen-bond donors (Lipinski definition) is 0. The van der Waals surface area contributed by atoms with E-state index in [1.807, 2.05) is 0 Å². The summed E-state index contributed by atoms with van der Waals surface area (Å²) in [7, 11) is 1.46. The Morgan fingerprint density at radius 2 is 2.07 bits per heavy atom. The third-order valence-corrected chi connectivity index (χ3v) is 3.37. The molecule has 1 rings (SSSR count). The third kappa shape index (κ3) is 3.35. The Morgan fingerprint density at radius 1 is 1.40 bits per heavy atom. The van der Waals surface area contributed by atoms with Crippen LogP contribution in [0.25, 0.3) is 0 Å². The van der Waals surface area contributed by atoms with Gasteiger partial charge in [-0.1, -0.05) is 6.42 Å². The average molecular weight is 235 g/mol. The molecule has 1 aliphatic heterocycles. The Balaban J connectivity index is 2.54. The molecule has 1 aliphatic rings. The summed E-state index contributed by atoms with van der Waals surface area (Å²) in [4.78, 5) is 11.8. The smallest absolute Gasteiger partial charge is 0.311 e. The van der Waals surface area contributed by atoms with Crippen LogP contribution in [-0.4, -0.2) is 32.2 Å². The van der Waals surface area contributed by atoms with Crippen LogP contribution in [0.5, 0.6) is 0 Å². The van der Waals surface area contributed by atoms with E-state index in [2.05, 4.69) is 0 Å². The molecule has 0 radical (unpaired) electrons. The molecule has 1 saturated heterocycles. The minimum absolute atomic E-state index is 0.0830. The lowest BCUT2D eigenvalue weighted by Crippen LogP contribution is -2.38. The molecule has 1 heterocycles. The van der Waals surface area contributed by atoms with Crippen LogP contribution in [0.1, 0.15) is 32.1 Å². The van der Waals surface area contributed by atoms with Crippen molar-refractivity contribution in [3.63, 3.8) is 0 Å². The first-order valence-electron chi connectivity index (χ1n) is 5.47. The first kappa shape index (κ1) is 12.8. The third-order valence-electron chi connectivity index (χ3n) is 3.11. The molecule has 0 unspecified atom stereocenters. The average Bonchev–Trinajstić information content (AvgIpc) is 2.29. The monoisotopic (exact) mass is 234 g/mol. The van der Waals surface area contributed by atoms with Crippen LogP contribution in [0, 0.1) is 5.41 Å². The van der Waals surface area contributed by atoms with Gasteiger partial charge in [0.2, 0.25) is 0 Å². The minimum atomic E-state index is -0.306. The van der Waals surface area contributed by atoms with Crippen molar-refractivity contribution in [3.05, 3.63) is 0 Å². The Hall–Kier alpha value is -0.280. The van der Waals surface area contributed by atoms with E-state index in [1.54, 1.807) is 0 Å². The van der Waals surface area contributed by atoms with Gasteiger partial charge in [-0.2, -0.15) is 0 Å². The summed E-state index contributed by atoms with van der Waals surface area (Å²) in [5.41, 5.74) is -0.306. The highest BCUT2D eigenvalue weighted by molar-refractivity contribution is 6.17. The van der Waals surface area contributed by atoms with Crippen molar-refractivity contribution < 1.29 is 14.3 Å². The molecule has 0 N–H and O–H groups in total. The number of halogens is 1. The summed E-state index contributed by atoms with van der Waals surface area (Å²) in [6.07, 6.45) is 4.37. The molecule has 0 atom stereocenters. The summed E-state index contributed by atoms with van der Waals surface area (Å²) in [5.74, 6) is 0.577. The summed E-state index contributed by atoms with van der Waals surface area (Å²) in [5, 5.41) is 0. The maximum absolute atomic E-state index is 11.8. The van der Waals surface area contributed by atoms with Gasteiger partial charge in [0.05, 0.1) is 12.5 Å². The number of alkyl halides is 1. The van der Waals surface area contributed by atoms with Gasteiger partial charge in [-0.3, -0.25) is 4.79 Å². The molecule has 0 aromatic heterocycles. The van der Waals surface area contributed by atoms with Crippen LogP contribution >= 0.6 is 11.6 Å². The Kier molecular flexibility index (Phi) is 5.40. The van der Waals surface area contributed by atoms with Crippen molar-refractivity contribution in [3.8, 4) is 0 Å². The van der Waals surface area contributed by atoms with Gasteiger partial charge in [-0.05, 0) is 25.7 Å². The lowest BCUT2D eigenvalue weighted by Gasteiger charge is -2.34. The van der Waals surface area contributed by atoms with Gasteiger partial charge in [0.15, 0.2) is 0 Å².